The van der Waals surface area contributed by atoms with Crippen LogP contribution in [-0.4, -0.2) is 42.8 Å². The second-order valence-corrected chi connectivity index (χ2v) is 7.01. The number of rotatable bonds is 3. The summed E-state index contributed by atoms with van der Waals surface area (Å²) in [5.74, 6) is -1.11. The number of nitro groups is 1. The molecule has 0 saturated carbocycles. The molecule has 2 rings (SSSR count). The van der Waals surface area contributed by atoms with Crippen molar-refractivity contribution in [1.82, 2.24) is 9.62 Å². The molecular formula is C12H17ClFN3O4S. The van der Waals surface area contributed by atoms with Gasteiger partial charge in [0.15, 0.2) is 4.90 Å². The first-order valence-electron chi connectivity index (χ1n) is 6.42. The minimum absolute atomic E-state index is 0. The van der Waals surface area contributed by atoms with E-state index in [1.54, 1.807) is 13.8 Å². The van der Waals surface area contributed by atoms with Crippen molar-refractivity contribution in [2.75, 3.05) is 13.1 Å². The molecule has 22 heavy (non-hydrogen) atoms. The maximum Gasteiger partial charge on any atom is 0.292 e. The first-order chi connectivity index (χ1) is 9.73. The molecule has 2 atom stereocenters. The third-order valence-corrected chi connectivity index (χ3v) is 5.16. The van der Waals surface area contributed by atoms with Crippen molar-refractivity contribution < 1.29 is 17.7 Å². The molecule has 1 fully saturated rings. The molecule has 0 aliphatic carbocycles. The lowest BCUT2D eigenvalue weighted by Crippen LogP contribution is -2.55. The van der Waals surface area contributed by atoms with Crippen LogP contribution in [0.15, 0.2) is 23.1 Å². The molecular weight excluding hydrogens is 337 g/mol. The Morgan fingerprint density at radius 3 is 2.36 bits per heavy atom. The number of hydrogen-bond acceptors (Lipinski definition) is 5. The largest absolute Gasteiger partial charge is 0.309 e. The third kappa shape index (κ3) is 3.54. The van der Waals surface area contributed by atoms with Crippen molar-refractivity contribution in [1.29, 1.82) is 0 Å². The molecule has 1 aromatic carbocycles. The zero-order valence-corrected chi connectivity index (χ0v) is 13.7. The van der Waals surface area contributed by atoms with Gasteiger partial charge in [-0.3, -0.25) is 10.1 Å². The van der Waals surface area contributed by atoms with Crippen LogP contribution in [-0.2, 0) is 10.0 Å². The molecule has 0 radical (unpaired) electrons. The molecule has 0 spiro atoms. The van der Waals surface area contributed by atoms with E-state index in [9.17, 15) is 22.9 Å². The van der Waals surface area contributed by atoms with Gasteiger partial charge in [0.1, 0.15) is 5.82 Å². The fraction of sp³-hybridized carbons (Fsp3) is 0.500. The van der Waals surface area contributed by atoms with Crippen LogP contribution >= 0.6 is 12.4 Å². The average Bonchev–Trinajstić information content (AvgIpc) is 2.36. The molecule has 1 saturated heterocycles. The topological polar surface area (TPSA) is 92.5 Å². The highest BCUT2D eigenvalue weighted by molar-refractivity contribution is 7.89. The molecule has 124 valence electrons. The molecule has 1 aliphatic rings. The number of sulfonamides is 1. The average molecular weight is 354 g/mol. The predicted octanol–water partition coefficient (Wildman–Crippen LogP) is 1.53. The second kappa shape index (κ2) is 6.86. The van der Waals surface area contributed by atoms with Crippen molar-refractivity contribution >= 4 is 28.1 Å². The van der Waals surface area contributed by atoms with Crippen molar-refractivity contribution in [2.24, 2.45) is 0 Å². The summed E-state index contributed by atoms with van der Waals surface area (Å²) in [7, 11) is -4.26. The Labute approximate surface area is 134 Å². The molecule has 0 bridgehead atoms. The van der Waals surface area contributed by atoms with Gasteiger partial charge in [-0.2, -0.15) is 4.31 Å². The molecule has 1 N–H and O–H groups in total. The highest BCUT2D eigenvalue weighted by Gasteiger charge is 2.37. The number of benzene rings is 1. The van der Waals surface area contributed by atoms with Gasteiger partial charge in [-0.05, 0) is 19.9 Å². The van der Waals surface area contributed by atoms with Gasteiger partial charge in [-0.25, -0.2) is 12.8 Å². The Bertz CT molecular complexity index is 660. The molecule has 0 aromatic heterocycles. The number of halogens is 2. The highest BCUT2D eigenvalue weighted by atomic mass is 35.5. The SMILES string of the molecule is CC1CN(S(=O)(=O)c2c(F)cccc2[N+](=O)[O-])CC(C)N1.Cl. The summed E-state index contributed by atoms with van der Waals surface area (Å²) in [4.78, 5) is 9.23. The lowest BCUT2D eigenvalue weighted by molar-refractivity contribution is -0.388. The van der Waals surface area contributed by atoms with Crippen LogP contribution in [0.5, 0.6) is 0 Å². The van der Waals surface area contributed by atoms with E-state index >= 15 is 0 Å². The predicted molar refractivity (Wildman–Crippen MR) is 81.1 cm³/mol. The van der Waals surface area contributed by atoms with Crippen LogP contribution < -0.4 is 5.32 Å². The maximum absolute atomic E-state index is 13.9. The van der Waals surface area contributed by atoms with E-state index in [-0.39, 0.29) is 37.6 Å². The van der Waals surface area contributed by atoms with Gasteiger partial charge in [0.2, 0.25) is 0 Å². The molecule has 1 aromatic rings. The summed E-state index contributed by atoms with van der Waals surface area (Å²) in [6.07, 6.45) is 0. The Morgan fingerprint density at radius 2 is 1.86 bits per heavy atom. The molecule has 0 amide bonds. The van der Waals surface area contributed by atoms with Gasteiger partial charge in [0.05, 0.1) is 4.92 Å². The maximum atomic E-state index is 13.9. The summed E-state index contributed by atoms with van der Waals surface area (Å²) in [5.41, 5.74) is -0.742. The number of nitro benzene ring substituents is 1. The van der Waals surface area contributed by atoms with Crippen molar-refractivity contribution in [3.8, 4) is 0 Å². The number of nitrogens with one attached hydrogen (secondary N) is 1. The van der Waals surface area contributed by atoms with E-state index in [2.05, 4.69) is 5.32 Å². The molecule has 1 heterocycles. The Hall–Kier alpha value is -1.29. The Balaban J connectivity index is 0.00000242. The van der Waals surface area contributed by atoms with Gasteiger partial charge < -0.3 is 5.32 Å². The van der Waals surface area contributed by atoms with Crippen molar-refractivity contribution in [2.45, 2.75) is 30.8 Å². The number of hydrogen-bond donors (Lipinski definition) is 1. The van der Waals surface area contributed by atoms with E-state index in [1.165, 1.54) is 0 Å². The summed E-state index contributed by atoms with van der Waals surface area (Å²) >= 11 is 0. The van der Waals surface area contributed by atoms with Crippen LogP contribution in [0, 0.1) is 15.9 Å². The minimum Gasteiger partial charge on any atom is -0.309 e. The standard InChI is InChI=1S/C12H16FN3O4S.ClH/c1-8-6-15(7-9(2)14-8)21(19,20)12-10(13)4-3-5-11(12)16(17)18;/h3-5,8-9,14H,6-7H2,1-2H3;1H. The highest BCUT2D eigenvalue weighted by Crippen LogP contribution is 2.30. The van der Waals surface area contributed by atoms with Crippen LogP contribution in [0.1, 0.15) is 13.8 Å². The van der Waals surface area contributed by atoms with Crippen LogP contribution in [0.4, 0.5) is 10.1 Å². The summed E-state index contributed by atoms with van der Waals surface area (Å²) < 4.78 is 40.2. The zero-order chi connectivity index (χ0) is 15.8. The first kappa shape index (κ1) is 18.8. The van der Waals surface area contributed by atoms with E-state index in [0.29, 0.717) is 0 Å². The van der Waals surface area contributed by atoms with Crippen molar-refractivity contribution in [3.63, 3.8) is 0 Å². The van der Waals surface area contributed by atoms with Gasteiger partial charge in [0, 0.05) is 31.2 Å². The Kier molecular flexibility index (Phi) is 5.85. The van der Waals surface area contributed by atoms with E-state index < -0.39 is 31.3 Å². The van der Waals surface area contributed by atoms with E-state index in [4.69, 9.17) is 0 Å². The van der Waals surface area contributed by atoms with Gasteiger partial charge in [-0.1, -0.05) is 6.07 Å². The van der Waals surface area contributed by atoms with Gasteiger partial charge in [-0.15, -0.1) is 12.4 Å². The number of nitrogens with zero attached hydrogens (tertiary/aromatic N) is 2. The van der Waals surface area contributed by atoms with Gasteiger partial charge in [0.25, 0.3) is 15.7 Å². The lowest BCUT2D eigenvalue weighted by Gasteiger charge is -2.35. The van der Waals surface area contributed by atoms with Crippen LogP contribution in [0.25, 0.3) is 0 Å². The number of piperazine rings is 1. The van der Waals surface area contributed by atoms with Crippen molar-refractivity contribution in [3.05, 3.63) is 34.1 Å². The summed E-state index contributed by atoms with van der Waals surface area (Å²) in [6.45, 7) is 3.87. The van der Waals surface area contributed by atoms with Crippen LogP contribution in [0.2, 0.25) is 0 Å². The minimum atomic E-state index is -4.26. The second-order valence-electron chi connectivity index (χ2n) is 5.14. The Morgan fingerprint density at radius 1 is 1.32 bits per heavy atom. The van der Waals surface area contributed by atoms with E-state index in [0.717, 1.165) is 22.5 Å². The molecule has 2 unspecified atom stereocenters. The van der Waals surface area contributed by atoms with E-state index in [1.807, 2.05) is 0 Å². The van der Waals surface area contributed by atoms with Crippen LogP contribution in [0.3, 0.4) is 0 Å². The fourth-order valence-electron chi connectivity index (χ4n) is 2.50. The third-order valence-electron chi connectivity index (χ3n) is 3.26. The van der Waals surface area contributed by atoms with Gasteiger partial charge >= 0.3 is 0 Å². The normalized spacial score (nSPS) is 22.9. The fourth-order valence-corrected chi connectivity index (χ4v) is 4.32. The summed E-state index contributed by atoms with van der Waals surface area (Å²) in [6, 6.07) is 2.79. The zero-order valence-electron chi connectivity index (χ0n) is 12.0. The smallest absolute Gasteiger partial charge is 0.292 e. The first-order valence-corrected chi connectivity index (χ1v) is 7.86. The molecule has 1 aliphatic heterocycles. The quantitative estimate of drug-likeness (QED) is 0.657. The lowest BCUT2D eigenvalue weighted by atomic mass is 10.2. The monoisotopic (exact) mass is 353 g/mol. The molecule has 7 nitrogen and oxygen atoms in total. The molecule has 10 heteroatoms. The summed E-state index contributed by atoms with van der Waals surface area (Å²) in [5, 5.41) is 14.1.